The van der Waals surface area contributed by atoms with Gasteiger partial charge in [-0.05, 0) is 25.2 Å². The highest BCUT2D eigenvalue weighted by Gasteiger charge is 2.28. The van der Waals surface area contributed by atoms with E-state index in [9.17, 15) is 25.2 Å². The van der Waals surface area contributed by atoms with Gasteiger partial charge in [-0.25, -0.2) is 0 Å². The smallest absolute Gasteiger partial charge is 0.249 e. The number of aliphatic hydroxyl groups is 4. The molecule has 5 atom stereocenters. The van der Waals surface area contributed by atoms with E-state index in [1.165, 1.54) is 161 Å². The molecule has 0 bridgehead atoms. The lowest BCUT2D eigenvalue weighted by molar-refractivity contribution is -0.132. The van der Waals surface area contributed by atoms with E-state index in [0.29, 0.717) is 6.42 Å². The highest BCUT2D eigenvalue weighted by atomic mass is 16.3. The Labute approximate surface area is 311 Å². The molecule has 0 aliphatic carbocycles. The summed E-state index contributed by atoms with van der Waals surface area (Å²) in [5, 5.41) is 43.5. The van der Waals surface area contributed by atoms with Crippen molar-refractivity contribution >= 4 is 5.91 Å². The van der Waals surface area contributed by atoms with Gasteiger partial charge >= 0.3 is 0 Å². The van der Waals surface area contributed by atoms with Crippen molar-refractivity contribution in [3.05, 3.63) is 12.2 Å². The average molecular weight is 710 g/mol. The second-order valence-corrected chi connectivity index (χ2v) is 15.7. The van der Waals surface area contributed by atoms with Crippen molar-refractivity contribution in [3.8, 4) is 0 Å². The predicted octanol–water partition coefficient (Wildman–Crippen LogP) is 11.3. The maximum absolute atomic E-state index is 12.5. The number of unbranched alkanes of at least 4 members (excludes halogenated alkanes) is 26. The fourth-order valence-electron chi connectivity index (χ4n) is 6.86. The third kappa shape index (κ3) is 31.8. The van der Waals surface area contributed by atoms with Crippen molar-refractivity contribution in [2.45, 2.75) is 251 Å². The van der Waals surface area contributed by atoms with E-state index in [0.717, 1.165) is 38.0 Å². The Morgan fingerprint density at radius 3 is 1.38 bits per heavy atom. The Kier molecular flexibility index (Phi) is 37.1. The number of carbonyl (C=O) groups excluding carboxylic acids is 1. The SMILES string of the molecule is CCCCCCCCCCCCCCCCCCCC/C=C/C[C@@H](O)C(=O)N[C@@H](CO)C(O)[C@H](O)CCCCCCCCCCCC(C)CC. The van der Waals surface area contributed by atoms with E-state index < -0.39 is 36.9 Å². The monoisotopic (exact) mass is 710 g/mol. The van der Waals surface area contributed by atoms with Crippen LogP contribution in [0.4, 0.5) is 0 Å². The summed E-state index contributed by atoms with van der Waals surface area (Å²) in [6.07, 6.45) is 39.7. The molecule has 0 aliphatic heterocycles. The molecule has 2 unspecified atom stereocenters. The van der Waals surface area contributed by atoms with Crippen molar-refractivity contribution in [1.29, 1.82) is 0 Å². The van der Waals surface area contributed by atoms with Gasteiger partial charge in [-0.15, -0.1) is 0 Å². The van der Waals surface area contributed by atoms with Gasteiger partial charge in [0, 0.05) is 6.42 Å². The normalized spacial score (nSPS) is 14.9. The number of carbonyl (C=O) groups is 1. The third-order valence-electron chi connectivity index (χ3n) is 10.8. The van der Waals surface area contributed by atoms with Gasteiger partial charge in [0.05, 0.1) is 18.8 Å². The Hall–Kier alpha value is -0.950. The predicted molar refractivity (Wildman–Crippen MR) is 214 cm³/mol. The molecule has 0 aromatic carbocycles. The van der Waals surface area contributed by atoms with E-state index in [1.807, 2.05) is 12.2 Å². The lowest BCUT2D eigenvalue weighted by Gasteiger charge is -2.27. The highest BCUT2D eigenvalue weighted by molar-refractivity contribution is 5.81. The summed E-state index contributed by atoms with van der Waals surface area (Å²) < 4.78 is 0. The Bertz CT molecular complexity index is 731. The first-order valence-electron chi connectivity index (χ1n) is 22.0. The average Bonchev–Trinajstić information content (AvgIpc) is 3.12. The first-order valence-corrected chi connectivity index (χ1v) is 22.0. The molecule has 0 spiro atoms. The molecular formula is C44H87NO5. The van der Waals surface area contributed by atoms with Gasteiger partial charge in [-0.2, -0.15) is 0 Å². The van der Waals surface area contributed by atoms with Crippen LogP contribution in [-0.2, 0) is 4.79 Å². The summed E-state index contributed by atoms with van der Waals surface area (Å²) in [7, 11) is 0. The molecule has 0 aromatic heterocycles. The molecule has 298 valence electrons. The zero-order valence-electron chi connectivity index (χ0n) is 33.6. The van der Waals surface area contributed by atoms with Crippen LogP contribution in [0.3, 0.4) is 0 Å². The van der Waals surface area contributed by atoms with Gasteiger partial charge in [0.2, 0.25) is 5.91 Å². The lowest BCUT2D eigenvalue weighted by Crippen LogP contribution is -2.53. The Morgan fingerprint density at radius 1 is 0.560 bits per heavy atom. The summed E-state index contributed by atoms with van der Waals surface area (Å²) in [6.45, 7) is 6.39. The van der Waals surface area contributed by atoms with Crippen LogP contribution in [0.2, 0.25) is 0 Å². The van der Waals surface area contributed by atoms with Crippen LogP contribution in [0, 0.1) is 5.92 Å². The maximum atomic E-state index is 12.5. The molecule has 0 saturated carbocycles. The van der Waals surface area contributed by atoms with E-state index in [4.69, 9.17) is 0 Å². The molecule has 0 radical (unpaired) electrons. The molecule has 6 heteroatoms. The first kappa shape index (κ1) is 49.0. The standard InChI is InChI=1S/C44H87NO5/c1-4-6-7-8-9-10-11-12-13-14-15-16-17-18-19-20-21-24-28-31-34-37-42(48)44(50)45-40(38-46)43(49)41(47)36-33-30-27-25-22-23-26-29-32-35-39(3)5-2/h31,34,39-43,46-49H,4-30,32-33,35-38H2,1-3H3,(H,45,50)/b34-31+/t39?,40-,41+,42+,43?/m0/s1. The zero-order chi connectivity index (χ0) is 36.9. The van der Waals surface area contributed by atoms with E-state index in [2.05, 4.69) is 26.1 Å². The molecule has 0 aromatic rings. The molecule has 0 rings (SSSR count). The first-order chi connectivity index (χ1) is 24.4. The molecular weight excluding hydrogens is 622 g/mol. The quantitative estimate of drug-likeness (QED) is 0.0322. The number of rotatable bonds is 39. The Balaban J connectivity index is 3.75. The Morgan fingerprint density at radius 2 is 0.960 bits per heavy atom. The minimum absolute atomic E-state index is 0.194. The van der Waals surface area contributed by atoms with Crippen LogP contribution in [0.15, 0.2) is 12.2 Å². The van der Waals surface area contributed by atoms with Crippen LogP contribution in [0.1, 0.15) is 226 Å². The number of amides is 1. The van der Waals surface area contributed by atoms with E-state index in [-0.39, 0.29) is 6.42 Å². The van der Waals surface area contributed by atoms with Gasteiger partial charge in [-0.1, -0.05) is 213 Å². The number of aliphatic hydroxyl groups excluding tert-OH is 4. The van der Waals surface area contributed by atoms with E-state index >= 15 is 0 Å². The van der Waals surface area contributed by atoms with Crippen molar-refractivity contribution < 1.29 is 25.2 Å². The molecule has 6 nitrogen and oxygen atoms in total. The largest absolute Gasteiger partial charge is 0.394 e. The van der Waals surface area contributed by atoms with Crippen molar-refractivity contribution in [1.82, 2.24) is 5.32 Å². The summed E-state index contributed by atoms with van der Waals surface area (Å²) in [4.78, 5) is 12.5. The fourth-order valence-corrected chi connectivity index (χ4v) is 6.86. The van der Waals surface area contributed by atoms with Crippen molar-refractivity contribution in [2.75, 3.05) is 6.61 Å². The lowest BCUT2D eigenvalue weighted by atomic mass is 9.98. The summed E-state index contributed by atoms with van der Waals surface area (Å²) >= 11 is 0. The van der Waals surface area contributed by atoms with Crippen LogP contribution in [0.25, 0.3) is 0 Å². The minimum atomic E-state index is -1.27. The molecule has 5 N–H and O–H groups in total. The van der Waals surface area contributed by atoms with Gasteiger partial charge in [0.1, 0.15) is 12.2 Å². The zero-order valence-corrected chi connectivity index (χ0v) is 33.6. The number of hydrogen-bond acceptors (Lipinski definition) is 5. The minimum Gasteiger partial charge on any atom is -0.394 e. The van der Waals surface area contributed by atoms with Gasteiger partial charge in [-0.3, -0.25) is 4.79 Å². The third-order valence-corrected chi connectivity index (χ3v) is 10.8. The second kappa shape index (κ2) is 37.8. The maximum Gasteiger partial charge on any atom is 0.249 e. The molecule has 0 fully saturated rings. The van der Waals surface area contributed by atoms with Gasteiger partial charge < -0.3 is 25.7 Å². The van der Waals surface area contributed by atoms with Crippen molar-refractivity contribution in [2.24, 2.45) is 5.92 Å². The van der Waals surface area contributed by atoms with E-state index in [1.54, 1.807) is 0 Å². The fraction of sp³-hybridized carbons (Fsp3) is 0.932. The number of allylic oxidation sites excluding steroid dienone is 1. The molecule has 1 amide bonds. The summed E-state index contributed by atoms with van der Waals surface area (Å²) in [6, 6.07) is -1.00. The van der Waals surface area contributed by atoms with Crippen molar-refractivity contribution in [3.63, 3.8) is 0 Å². The summed E-state index contributed by atoms with van der Waals surface area (Å²) in [5.74, 6) is 0.220. The van der Waals surface area contributed by atoms with Crippen LogP contribution < -0.4 is 5.32 Å². The number of nitrogens with one attached hydrogen (secondary N) is 1. The summed E-state index contributed by atoms with van der Waals surface area (Å²) in [5.41, 5.74) is 0. The van der Waals surface area contributed by atoms with Crippen LogP contribution >= 0.6 is 0 Å². The highest BCUT2D eigenvalue weighted by Crippen LogP contribution is 2.17. The van der Waals surface area contributed by atoms with Crippen LogP contribution in [0.5, 0.6) is 0 Å². The molecule has 50 heavy (non-hydrogen) atoms. The molecule has 0 aliphatic rings. The topological polar surface area (TPSA) is 110 Å². The van der Waals surface area contributed by atoms with Gasteiger partial charge in [0.25, 0.3) is 0 Å². The number of hydrogen-bond donors (Lipinski definition) is 5. The molecule has 0 saturated heterocycles. The molecule has 0 heterocycles. The van der Waals surface area contributed by atoms with Gasteiger partial charge in [0.15, 0.2) is 0 Å². The second-order valence-electron chi connectivity index (χ2n) is 15.7. The van der Waals surface area contributed by atoms with Crippen LogP contribution in [-0.4, -0.2) is 57.3 Å².